The van der Waals surface area contributed by atoms with Gasteiger partial charge in [-0.05, 0) is 54.2 Å². The Hall–Kier alpha value is -1.28. The molecule has 0 saturated heterocycles. The molecule has 2 aromatic rings. The van der Waals surface area contributed by atoms with E-state index in [1.807, 2.05) is 24.2 Å². The highest BCUT2D eigenvalue weighted by Crippen LogP contribution is 2.24. The molecule has 1 aromatic carbocycles. The van der Waals surface area contributed by atoms with Crippen LogP contribution < -0.4 is 0 Å². The molecule has 100 valence electrons. The molecule has 0 bridgehead atoms. The summed E-state index contributed by atoms with van der Waals surface area (Å²) in [5.41, 5.74) is 2.81. The van der Waals surface area contributed by atoms with Gasteiger partial charge in [-0.1, -0.05) is 26.0 Å². The molecule has 0 aliphatic rings. The molecule has 1 atom stereocenters. The molecule has 0 aliphatic carbocycles. The van der Waals surface area contributed by atoms with E-state index in [4.69, 9.17) is 0 Å². The second-order valence-electron chi connectivity index (χ2n) is 4.83. The van der Waals surface area contributed by atoms with Crippen LogP contribution >= 0.6 is 11.8 Å². The van der Waals surface area contributed by atoms with E-state index in [2.05, 4.69) is 55.2 Å². The molecule has 0 spiro atoms. The van der Waals surface area contributed by atoms with Gasteiger partial charge in [0.15, 0.2) is 0 Å². The van der Waals surface area contributed by atoms with Crippen molar-refractivity contribution in [2.45, 2.75) is 37.5 Å². The zero-order valence-corrected chi connectivity index (χ0v) is 12.5. The molecule has 0 radical (unpaired) electrons. The minimum atomic E-state index is 0.663. The number of hydrogen-bond donors (Lipinski definition) is 0. The van der Waals surface area contributed by atoms with E-state index in [9.17, 15) is 0 Å². The Kier molecular flexibility index (Phi) is 5.46. The molecular weight excluding hydrogens is 250 g/mol. The molecule has 19 heavy (non-hydrogen) atoms. The topological polar surface area (TPSA) is 12.9 Å². The van der Waals surface area contributed by atoms with E-state index in [1.54, 1.807) is 0 Å². The van der Waals surface area contributed by atoms with Gasteiger partial charge in [0, 0.05) is 23.0 Å². The van der Waals surface area contributed by atoms with Crippen LogP contribution in [-0.4, -0.2) is 10.7 Å². The number of nitrogens with zero attached hydrogens (tertiary/aromatic N) is 1. The van der Waals surface area contributed by atoms with Gasteiger partial charge in [0.05, 0.1) is 0 Å². The largest absolute Gasteiger partial charge is 0.265 e. The summed E-state index contributed by atoms with van der Waals surface area (Å²) in [6.45, 7) is 4.52. The lowest BCUT2D eigenvalue weighted by atomic mass is 9.99. The summed E-state index contributed by atoms with van der Waals surface area (Å²) in [6.07, 6.45) is 6.02. The van der Waals surface area contributed by atoms with Crippen LogP contribution in [0.15, 0.2) is 53.7 Å². The highest BCUT2D eigenvalue weighted by molar-refractivity contribution is 7.99. The fourth-order valence-electron chi connectivity index (χ4n) is 1.96. The van der Waals surface area contributed by atoms with Gasteiger partial charge in [-0.3, -0.25) is 4.98 Å². The molecule has 0 N–H and O–H groups in total. The summed E-state index contributed by atoms with van der Waals surface area (Å²) in [5.74, 6) is 1.78. The van der Waals surface area contributed by atoms with Crippen LogP contribution in [0, 0.1) is 0 Å². The predicted molar refractivity (Wildman–Crippen MR) is 83.8 cm³/mol. The predicted octanol–water partition coefficient (Wildman–Crippen LogP) is 4.93. The first-order valence-corrected chi connectivity index (χ1v) is 7.90. The molecule has 2 heteroatoms. The van der Waals surface area contributed by atoms with E-state index >= 15 is 0 Å². The number of pyridine rings is 1. The molecule has 1 unspecified atom stereocenters. The quantitative estimate of drug-likeness (QED) is 0.691. The van der Waals surface area contributed by atoms with Crippen molar-refractivity contribution in [3.63, 3.8) is 0 Å². The molecule has 0 amide bonds. The first-order chi connectivity index (χ1) is 9.29. The Morgan fingerprint density at radius 3 is 2.37 bits per heavy atom. The van der Waals surface area contributed by atoms with Crippen molar-refractivity contribution < 1.29 is 0 Å². The molecule has 2 rings (SSSR count). The maximum Gasteiger partial charge on any atom is 0.0270 e. The molecule has 1 nitrogen and oxygen atoms in total. The van der Waals surface area contributed by atoms with Gasteiger partial charge in [0.2, 0.25) is 0 Å². The average molecular weight is 271 g/mol. The van der Waals surface area contributed by atoms with Crippen molar-refractivity contribution in [3.8, 4) is 0 Å². The van der Waals surface area contributed by atoms with Crippen LogP contribution in [0.25, 0.3) is 0 Å². The fraction of sp³-hybridized carbons (Fsp3) is 0.353. The smallest absolute Gasteiger partial charge is 0.0270 e. The van der Waals surface area contributed by atoms with Crippen molar-refractivity contribution in [1.82, 2.24) is 4.98 Å². The van der Waals surface area contributed by atoms with Gasteiger partial charge in [0.25, 0.3) is 0 Å². The van der Waals surface area contributed by atoms with E-state index in [0.29, 0.717) is 5.92 Å². The minimum absolute atomic E-state index is 0.663. The van der Waals surface area contributed by atoms with Gasteiger partial charge < -0.3 is 0 Å². The van der Waals surface area contributed by atoms with Crippen LogP contribution in [0.2, 0.25) is 0 Å². The molecular formula is C17H21NS. The standard InChI is InChI=1S/C17H21NS/c1-3-14(2)16-4-6-17(7-5-16)19-13-10-15-8-11-18-12-9-15/h4-9,11-12,14H,3,10,13H2,1-2H3. The summed E-state index contributed by atoms with van der Waals surface area (Å²) in [4.78, 5) is 5.40. The van der Waals surface area contributed by atoms with Crippen molar-refractivity contribution in [2.24, 2.45) is 0 Å². The number of aromatic nitrogens is 1. The number of rotatable bonds is 6. The van der Waals surface area contributed by atoms with Crippen molar-refractivity contribution in [3.05, 3.63) is 59.9 Å². The van der Waals surface area contributed by atoms with E-state index < -0.39 is 0 Å². The summed E-state index contributed by atoms with van der Waals surface area (Å²) < 4.78 is 0. The third-order valence-corrected chi connectivity index (χ3v) is 4.48. The van der Waals surface area contributed by atoms with Crippen LogP contribution in [0.3, 0.4) is 0 Å². The second kappa shape index (κ2) is 7.34. The Morgan fingerprint density at radius 2 is 1.74 bits per heavy atom. The van der Waals surface area contributed by atoms with E-state index in [-0.39, 0.29) is 0 Å². The Bertz CT molecular complexity index is 478. The third kappa shape index (κ3) is 4.39. The number of hydrogen-bond acceptors (Lipinski definition) is 2. The molecule has 1 aromatic heterocycles. The maximum absolute atomic E-state index is 4.04. The first kappa shape index (κ1) is 14.1. The zero-order chi connectivity index (χ0) is 13.5. The highest BCUT2D eigenvalue weighted by Gasteiger charge is 2.02. The maximum atomic E-state index is 4.04. The van der Waals surface area contributed by atoms with Gasteiger partial charge in [0.1, 0.15) is 0 Å². The normalized spacial score (nSPS) is 12.3. The molecule has 1 heterocycles. The number of thioether (sulfide) groups is 1. The Labute approximate surface area is 120 Å². The van der Waals surface area contributed by atoms with Crippen molar-refractivity contribution >= 4 is 11.8 Å². The van der Waals surface area contributed by atoms with Crippen molar-refractivity contribution in [1.29, 1.82) is 0 Å². The Balaban J connectivity index is 1.83. The lowest BCUT2D eigenvalue weighted by Crippen LogP contribution is -1.91. The Morgan fingerprint density at radius 1 is 1.05 bits per heavy atom. The van der Waals surface area contributed by atoms with Crippen LogP contribution in [0.5, 0.6) is 0 Å². The van der Waals surface area contributed by atoms with Crippen LogP contribution in [0.4, 0.5) is 0 Å². The van der Waals surface area contributed by atoms with Crippen molar-refractivity contribution in [2.75, 3.05) is 5.75 Å². The second-order valence-corrected chi connectivity index (χ2v) is 6.00. The highest BCUT2D eigenvalue weighted by atomic mass is 32.2. The van der Waals surface area contributed by atoms with Crippen LogP contribution in [-0.2, 0) is 6.42 Å². The molecule has 0 aliphatic heterocycles. The van der Waals surface area contributed by atoms with E-state index in [1.165, 1.54) is 22.4 Å². The number of aryl methyl sites for hydroxylation is 1. The fourth-order valence-corrected chi connectivity index (χ4v) is 2.87. The first-order valence-electron chi connectivity index (χ1n) is 6.91. The summed E-state index contributed by atoms with van der Waals surface area (Å²) in [5, 5.41) is 0. The lowest BCUT2D eigenvalue weighted by molar-refractivity contribution is 0.733. The van der Waals surface area contributed by atoms with E-state index in [0.717, 1.165) is 12.2 Å². The van der Waals surface area contributed by atoms with Gasteiger partial charge in [-0.15, -0.1) is 11.8 Å². The summed E-state index contributed by atoms with van der Waals surface area (Å²) in [6, 6.07) is 13.2. The van der Waals surface area contributed by atoms with Gasteiger partial charge in [-0.25, -0.2) is 0 Å². The lowest BCUT2D eigenvalue weighted by Gasteiger charge is -2.09. The summed E-state index contributed by atoms with van der Waals surface area (Å²) in [7, 11) is 0. The minimum Gasteiger partial charge on any atom is -0.265 e. The molecule has 0 fully saturated rings. The third-order valence-electron chi connectivity index (χ3n) is 3.47. The van der Waals surface area contributed by atoms with Gasteiger partial charge in [-0.2, -0.15) is 0 Å². The monoisotopic (exact) mass is 271 g/mol. The van der Waals surface area contributed by atoms with Crippen LogP contribution in [0.1, 0.15) is 37.3 Å². The SMILES string of the molecule is CCC(C)c1ccc(SCCc2ccncc2)cc1. The average Bonchev–Trinajstić information content (AvgIpc) is 2.48. The number of benzene rings is 1. The summed E-state index contributed by atoms with van der Waals surface area (Å²) >= 11 is 1.92. The zero-order valence-electron chi connectivity index (χ0n) is 11.7. The van der Waals surface area contributed by atoms with Gasteiger partial charge >= 0.3 is 0 Å². The molecule has 0 saturated carbocycles.